The van der Waals surface area contributed by atoms with Crippen LogP contribution in [0.15, 0.2) is 27.5 Å². The lowest BCUT2D eigenvalue weighted by Gasteiger charge is -2.07. The van der Waals surface area contributed by atoms with E-state index in [-0.39, 0.29) is 15.9 Å². The van der Waals surface area contributed by atoms with E-state index in [0.29, 0.717) is 23.8 Å². The molecule has 6 nitrogen and oxygen atoms in total. The lowest BCUT2D eigenvalue weighted by Crippen LogP contribution is -2.14. The van der Waals surface area contributed by atoms with Gasteiger partial charge in [0.1, 0.15) is 4.90 Å². The molecule has 124 valence electrons. The van der Waals surface area contributed by atoms with Crippen molar-refractivity contribution in [1.82, 2.24) is 10.2 Å². The maximum absolute atomic E-state index is 12.4. The fraction of sp³-hybridized carbons (Fsp3) is 0.467. The number of aromatic nitrogens is 2. The normalized spacial score (nSPS) is 15.9. The molecule has 23 heavy (non-hydrogen) atoms. The Morgan fingerprint density at radius 2 is 2.04 bits per heavy atom. The highest BCUT2D eigenvalue weighted by atomic mass is 35.5. The van der Waals surface area contributed by atoms with Crippen molar-refractivity contribution in [3.63, 3.8) is 0 Å². The first-order chi connectivity index (χ1) is 11.0. The van der Waals surface area contributed by atoms with E-state index in [0.717, 1.165) is 12.8 Å². The van der Waals surface area contributed by atoms with Crippen molar-refractivity contribution in [3.05, 3.63) is 34.7 Å². The molecule has 1 aromatic carbocycles. The predicted octanol–water partition coefficient (Wildman–Crippen LogP) is 3.56. The van der Waals surface area contributed by atoms with Crippen LogP contribution in [0.3, 0.4) is 0 Å². The molecule has 2 aromatic rings. The standard InChI is InChI=1S/C15H18ClN3O3S/c1-10-5-4-8-12(14(10)16)23(20,21)19-15-18-17-13(22-15)9-11-6-2-3-7-11/h4-5,8,11H,2-3,6-7,9H2,1H3,(H,18,19). The summed E-state index contributed by atoms with van der Waals surface area (Å²) < 4.78 is 32.5. The van der Waals surface area contributed by atoms with Gasteiger partial charge in [0.05, 0.1) is 5.02 Å². The van der Waals surface area contributed by atoms with Crippen LogP contribution in [0.5, 0.6) is 0 Å². The van der Waals surface area contributed by atoms with E-state index in [4.69, 9.17) is 16.0 Å². The highest BCUT2D eigenvalue weighted by molar-refractivity contribution is 7.92. The summed E-state index contributed by atoms with van der Waals surface area (Å²) in [4.78, 5) is -0.00490. The minimum atomic E-state index is -3.86. The molecular weight excluding hydrogens is 338 g/mol. The van der Waals surface area contributed by atoms with Crippen molar-refractivity contribution >= 4 is 27.6 Å². The van der Waals surface area contributed by atoms with E-state index in [1.54, 1.807) is 19.1 Å². The molecule has 1 N–H and O–H groups in total. The van der Waals surface area contributed by atoms with Gasteiger partial charge in [0.15, 0.2) is 0 Å². The van der Waals surface area contributed by atoms with E-state index < -0.39 is 10.0 Å². The first-order valence-electron chi connectivity index (χ1n) is 7.56. The molecule has 1 saturated carbocycles. The van der Waals surface area contributed by atoms with Crippen molar-refractivity contribution in [2.45, 2.75) is 43.9 Å². The number of anilines is 1. The van der Waals surface area contributed by atoms with Gasteiger partial charge < -0.3 is 4.42 Å². The molecule has 1 aromatic heterocycles. The fourth-order valence-corrected chi connectivity index (χ4v) is 4.34. The van der Waals surface area contributed by atoms with Crippen LogP contribution >= 0.6 is 11.6 Å². The Hall–Kier alpha value is -1.60. The third kappa shape index (κ3) is 3.67. The van der Waals surface area contributed by atoms with Gasteiger partial charge in [-0.15, -0.1) is 5.10 Å². The maximum Gasteiger partial charge on any atom is 0.329 e. The number of sulfonamides is 1. The number of rotatable bonds is 5. The Balaban J connectivity index is 1.75. The molecule has 0 radical (unpaired) electrons. The number of nitrogens with one attached hydrogen (secondary N) is 1. The molecule has 0 spiro atoms. The highest BCUT2D eigenvalue weighted by Gasteiger charge is 2.23. The maximum atomic E-state index is 12.4. The number of aryl methyl sites for hydroxylation is 1. The molecule has 0 atom stereocenters. The van der Waals surface area contributed by atoms with E-state index in [1.165, 1.54) is 18.9 Å². The van der Waals surface area contributed by atoms with Crippen LogP contribution in [0.4, 0.5) is 6.01 Å². The second kappa shape index (κ2) is 6.49. The molecule has 8 heteroatoms. The van der Waals surface area contributed by atoms with E-state index in [9.17, 15) is 8.42 Å². The molecule has 0 amide bonds. The van der Waals surface area contributed by atoms with Crippen LogP contribution in [0, 0.1) is 12.8 Å². The number of benzene rings is 1. The van der Waals surface area contributed by atoms with Crippen molar-refractivity contribution in [2.24, 2.45) is 5.92 Å². The lowest BCUT2D eigenvalue weighted by atomic mass is 10.0. The van der Waals surface area contributed by atoms with Gasteiger partial charge in [-0.3, -0.25) is 0 Å². The fourth-order valence-electron chi connectivity index (χ4n) is 2.84. The van der Waals surface area contributed by atoms with Crippen LogP contribution in [-0.2, 0) is 16.4 Å². The van der Waals surface area contributed by atoms with Crippen LogP contribution in [0.1, 0.15) is 37.1 Å². The molecule has 1 fully saturated rings. The van der Waals surface area contributed by atoms with Gasteiger partial charge in [-0.05, 0) is 37.3 Å². The zero-order chi connectivity index (χ0) is 16.4. The van der Waals surface area contributed by atoms with E-state index in [1.807, 2.05) is 0 Å². The summed E-state index contributed by atoms with van der Waals surface area (Å²) in [5, 5.41) is 7.88. The molecular formula is C15H18ClN3O3S. The van der Waals surface area contributed by atoms with Crippen molar-refractivity contribution in [2.75, 3.05) is 4.72 Å². The largest absolute Gasteiger partial charge is 0.407 e. The Morgan fingerprint density at radius 1 is 1.30 bits per heavy atom. The lowest BCUT2D eigenvalue weighted by molar-refractivity contribution is 0.439. The quantitative estimate of drug-likeness (QED) is 0.886. The van der Waals surface area contributed by atoms with Gasteiger partial charge in [-0.2, -0.15) is 0 Å². The van der Waals surface area contributed by atoms with Crippen LogP contribution in [0.2, 0.25) is 5.02 Å². The topological polar surface area (TPSA) is 85.1 Å². The van der Waals surface area contributed by atoms with Crippen LogP contribution in [0.25, 0.3) is 0 Å². The molecule has 0 saturated heterocycles. The molecule has 1 aliphatic rings. The van der Waals surface area contributed by atoms with Crippen molar-refractivity contribution < 1.29 is 12.8 Å². The van der Waals surface area contributed by atoms with Gasteiger partial charge in [0.2, 0.25) is 5.89 Å². The number of hydrogen-bond acceptors (Lipinski definition) is 5. The molecule has 3 rings (SSSR count). The molecule has 0 aliphatic heterocycles. The molecule has 0 unspecified atom stereocenters. The number of halogens is 1. The van der Waals surface area contributed by atoms with Gasteiger partial charge in [0.25, 0.3) is 10.0 Å². The van der Waals surface area contributed by atoms with Crippen LogP contribution in [-0.4, -0.2) is 18.6 Å². The van der Waals surface area contributed by atoms with Gasteiger partial charge in [0, 0.05) is 6.42 Å². The highest BCUT2D eigenvalue weighted by Crippen LogP contribution is 2.29. The summed E-state index contributed by atoms with van der Waals surface area (Å²) in [5.41, 5.74) is 0.682. The van der Waals surface area contributed by atoms with Gasteiger partial charge in [-0.1, -0.05) is 41.7 Å². The van der Waals surface area contributed by atoms with Crippen molar-refractivity contribution in [1.29, 1.82) is 0 Å². The SMILES string of the molecule is Cc1cccc(S(=O)(=O)Nc2nnc(CC3CCCC3)o2)c1Cl. The monoisotopic (exact) mass is 355 g/mol. The zero-order valence-corrected chi connectivity index (χ0v) is 14.3. The first-order valence-corrected chi connectivity index (χ1v) is 9.42. The van der Waals surface area contributed by atoms with E-state index >= 15 is 0 Å². The number of nitrogens with zero attached hydrogens (tertiary/aromatic N) is 2. The Labute approximate surface area is 140 Å². The van der Waals surface area contributed by atoms with E-state index in [2.05, 4.69) is 14.9 Å². The summed E-state index contributed by atoms with van der Waals surface area (Å²) >= 11 is 6.08. The minimum Gasteiger partial charge on any atom is -0.407 e. The van der Waals surface area contributed by atoms with Gasteiger partial charge >= 0.3 is 6.01 Å². The van der Waals surface area contributed by atoms with Gasteiger partial charge in [-0.25, -0.2) is 13.1 Å². The average molecular weight is 356 g/mol. The third-order valence-corrected chi connectivity index (χ3v) is 6.05. The van der Waals surface area contributed by atoms with Crippen LogP contribution < -0.4 is 4.72 Å². The second-order valence-electron chi connectivity index (χ2n) is 5.85. The second-order valence-corrected chi connectivity index (χ2v) is 7.88. The number of hydrogen-bond donors (Lipinski definition) is 1. The Kier molecular flexibility index (Phi) is 4.59. The molecule has 1 aliphatic carbocycles. The molecule has 0 bridgehead atoms. The zero-order valence-electron chi connectivity index (χ0n) is 12.8. The summed E-state index contributed by atoms with van der Waals surface area (Å²) in [6, 6.07) is 4.69. The summed E-state index contributed by atoms with van der Waals surface area (Å²) in [6.45, 7) is 1.74. The molecule has 1 heterocycles. The summed E-state index contributed by atoms with van der Waals surface area (Å²) in [5.74, 6) is 1.01. The summed E-state index contributed by atoms with van der Waals surface area (Å²) in [7, 11) is -3.86. The van der Waals surface area contributed by atoms with Crippen molar-refractivity contribution in [3.8, 4) is 0 Å². The smallest absolute Gasteiger partial charge is 0.329 e. The predicted molar refractivity (Wildman–Crippen MR) is 87.0 cm³/mol. The summed E-state index contributed by atoms with van der Waals surface area (Å²) in [6.07, 6.45) is 5.46. The average Bonchev–Trinajstić information content (AvgIpc) is 3.14. The Bertz CT molecular complexity index is 798. The minimum absolute atomic E-state index is 0.00490. The first kappa shape index (κ1) is 16.3. The Morgan fingerprint density at radius 3 is 2.78 bits per heavy atom. The third-order valence-electron chi connectivity index (χ3n) is 4.07.